The van der Waals surface area contributed by atoms with E-state index in [1.54, 1.807) is 12.1 Å². The van der Waals surface area contributed by atoms with Crippen LogP contribution in [0.15, 0.2) is 30.6 Å². The van der Waals surface area contributed by atoms with Crippen LogP contribution in [0.4, 0.5) is 26.5 Å². The maximum absolute atomic E-state index is 15.4. The molecule has 4 bridgehead atoms. The normalized spacial score (nSPS) is 26.4. The lowest BCUT2D eigenvalue weighted by atomic mass is 9.71. The Hall–Kier alpha value is -3.44. The number of aromatic nitrogens is 3. The van der Waals surface area contributed by atoms with E-state index < -0.39 is 11.4 Å². The zero-order valence-electron chi connectivity index (χ0n) is 23.2. The molecule has 1 aliphatic carbocycles. The van der Waals surface area contributed by atoms with E-state index in [4.69, 9.17) is 30.8 Å². The summed E-state index contributed by atoms with van der Waals surface area (Å²) in [5, 5.41) is 2.97. The molecule has 2 atom stereocenters. The van der Waals surface area contributed by atoms with Gasteiger partial charge in [0.1, 0.15) is 34.0 Å². The Morgan fingerprint density at radius 1 is 1.20 bits per heavy atom. The van der Waals surface area contributed by atoms with Gasteiger partial charge < -0.3 is 29.3 Å². The number of ether oxygens (including phenoxy) is 3. The molecule has 1 saturated carbocycles. The summed E-state index contributed by atoms with van der Waals surface area (Å²) in [4.78, 5) is 30.2. The molecule has 8 rings (SSSR count). The summed E-state index contributed by atoms with van der Waals surface area (Å²) in [7, 11) is 0. The van der Waals surface area contributed by atoms with Crippen molar-refractivity contribution in [3.63, 3.8) is 0 Å². The van der Waals surface area contributed by atoms with Gasteiger partial charge in [0.15, 0.2) is 11.6 Å². The largest absolute Gasteiger partial charge is 0.491 e. The van der Waals surface area contributed by atoms with Crippen molar-refractivity contribution in [1.29, 1.82) is 0 Å². The molecule has 4 aliphatic heterocycles. The number of hydrogen-bond donors (Lipinski definition) is 1. The molecule has 0 radical (unpaired) electrons. The van der Waals surface area contributed by atoms with E-state index in [9.17, 15) is 4.79 Å². The molecule has 41 heavy (non-hydrogen) atoms. The molecule has 3 aromatic rings. The fourth-order valence-electron chi connectivity index (χ4n) is 6.37. The van der Waals surface area contributed by atoms with Crippen molar-refractivity contribution in [3.05, 3.63) is 41.4 Å². The summed E-state index contributed by atoms with van der Waals surface area (Å²) in [6.45, 7) is 7.96. The predicted molar refractivity (Wildman–Crippen MR) is 151 cm³/mol. The van der Waals surface area contributed by atoms with Crippen LogP contribution >= 0.6 is 11.6 Å². The van der Waals surface area contributed by atoms with Crippen LogP contribution in [-0.4, -0.2) is 76.0 Å². The molecule has 2 aromatic heterocycles. The van der Waals surface area contributed by atoms with E-state index in [1.165, 1.54) is 6.33 Å². The van der Waals surface area contributed by atoms with E-state index in [2.05, 4.69) is 20.2 Å². The lowest BCUT2D eigenvalue weighted by Crippen LogP contribution is -2.50. The maximum Gasteiger partial charge on any atom is 0.410 e. The second-order valence-corrected chi connectivity index (χ2v) is 13.0. The number of likely N-dealkylation sites (tertiary alicyclic amines) is 1. The third kappa shape index (κ3) is 4.78. The van der Waals surface area contributed by atoms with Gasteiger partial charge in [0, 0.05) is 18.5 Å². The third-order valence-electron chi connectivity index (χ3n) is 8.41. The van der Waals surface area contributed by atoms with Gasteiger partial charge in [-0.1, -0.05) is 11.6 Å². The van der Waals surface area contributed by atoms with E-state index in [-0.39, 0.29) is 34.3 Å². The Balaban J connectivity index is 1.08. The monoisotopic (exact) mass is 582 g/mol. The molecule has 1 amide bonds. The molecule has 4 saturated heterocycles. The lowest BCUT2D eigenvalue weighted by molar-refractivity contribution is 0.0214. The number of anilines is 3. The van der Waals surface area contributed by atoms with Gasteiger partial charge in [0.25, 0.3) is 0 Å². The van der Waals surface area contributed by atoms with Crippen LogP contribution < -0.4 is 15.0 Å². The van der Waals surface area contributed by atoms with Crippen molar-refractivity contribution < 1.29 is 23.4 Å². The standard InChI is InChI=1S/C29H32ClFN6O4/c1-28(2,3)41-27(38)37-12-16-8-17(37)11-36(16)22-7-5-20-25(35-22)26(33-15-32-20)34-19-4-6-21(23(30)24(19)31)40-14-29-9-18(10-29)39-13-29/h4-7,15-18H,8-14H2,1-3H3,(H,32,33,34)/t16-,17-,18?,29?/m0/s1. The number of fused-ring (bicyclic) bond motifs is 4. The number of hydrogen-bond acceptors (Lipinski definition) is 9. The van der Waals surface area contributed by atoms with Crippen LogP contribution in [-0.2, 0) is 9.47 Å². The number of benzene rings is 1. The number of rotatable bonds is 6. The smallest absolute Gasteiger partial charge is 0.410 e. The van der Waals surface area contributed by atoms with Gasteiger partial charge in [0.05, 0.1) is 42.6 Å². The molecule has 5 fully saturated rings. The second kappa shape index (κ2) is 9.55. The molecule has 216 valence electrons. The van der Waals surface area contributed by atoms with E-state index in [0.717, 1.165) is 25.1 Å². The zero-order chi connectivity index (χ0) is 28.5. The molecule has 10 nitrogen and oxygen atoms in total. The average Bonchev–Trinajstić information content (AvgIpc) is 3.71. The number of piperazine rings is 1. The Morgan fingerprint density at radius 2 is 2.02 bits per heavy atom. The minimum absolute atomic E-state index is 0.0213. The quantitative estimate of drug-likeness (QED) is 0.414. The van der Waals surface area contributed by atoms with E-state index in [0.29, 0.717) is 55.0 Å². The molecule has 6 heterocycles. The van der Waals surface area contributed by atoms with Crippen molar-refractivity contribution in [2.75, 3.05) is 36.5 Å². The summed E-state index contributed by atoms with van der Waals surface area (Å²) in [6, 6.07) is 7.23. The van der Waals surface area contributed by atoms with Gasteiger partial charge in [-0.3, -0.25) is 0 Å². The summed E-state index contributed by atoms with van der Waals surface area (Å²) >= 11 is 6.38. The summed E-state index contributed by atoms with van der Waals surface area (Å²) in [5.41, 5.74) is 0.771. The highest BCUT2D eigenvalue weighted by Gasteiger charge is 2.52. The third-order valence-corrected chi connectivity index (χ3v) is 8.76. The summed E-state index contributed by atoms with van der Waals surface area (Å²) in [6.07, 6.45) is 4.27. The van der Waals surface area contributed by atoms with Crippen LogP contribution in [0.3, 0.4) is 0 Å². The molecular formula is C29H32ClFN6O4. The van der Waals surface area contributed by atoms with E-state index in [1.807, 2.05) is 37.8 Å². The minimum Gasteiger partial charge on any atom is -0.491 e. The number of amides is 1. The first-order valence-electron chi connectivity index (χ1n) is 13.9. The van der Waals surface area contributed by atoms with Gasteiger partial charge in [-0.15, -0.1) is 0 Å². The number of nitrogens with one attached hydrogen (secondary N) is 1. The highest BCUT2D eigenvalue weighted by atomic mass is 35.5. The number of carbonyl (C=O) groups is 1. The number of nitrogens with zero attached hydrogens (tertiary/aromatic N) is 5. The lowest BCUT2D eigenvalue weighted by Gasteiger charge is -2.35. The molecular weight excluding hydrogens is 551 g/mol. The van der Waals surface area contributed by atoms with Crippen LogP contribution in [0.2, 0.25) is 5.02 Å². The van der Waals surface area contributed by atoms with Crippen LogP contribution in [0.1, 0.15) is 40.0 Å². The van der Waals surface area contributed by atoms with Crippen molar-refractivity contribution in [3.8, 4) is 5.75 Å². The Labute approximate surface area is 242 Å². The van der Waals surface area contributed by atoms with Gasteiger partial charge in [0.2, 0.25) is 0 Å². The van der Waals surface area contributed by atoms with Crippen molar-refractivity contribution >= 4 is 46.1 Å². The maximum atomic E-state index is 15.4. The highest BCUT2D eigenvalue weighted by molar-refractivity contribution is 6.32. The van der Waals surface area contributed by atoms with Crippen LogP contribution in [0.25, 0.3) is 11.0 Å². The number of pyridine rings is 1. The van der Waals surface area contributed by atoms with Crippen molar-refractivity contribution in [1.82, 2.24) is 19.9 Å². The minimum atomic E-state index is -0.627. The van der Waals surface area contributed by atoms with Crippen molar-refractivity contribution in [2.45, 2.75) is 63.8 Å². The molecule has 1 N–H and O–H groups in total. The Bertz CT molecular complexity index is 1520. The highest BCUT2D eigenvalue weighted by Crippen LogP contribution is 2.50. The van der Waals surface area contributed by atoms with Gasteiger partial charge >= 0.3 is 6.09 Å². The van der Waals surface area contributed by atoms with Crippen LogP contribution in [0.5, 0.6) is 5.75 Å². The fraction of sp³-hybridized carbons (Fsp3) is 0.517. The second-order valence-electron chi connectivity index (χ2n) is 12.6. The SMILES string of the molecule is CC(C)(C)OC(=O)N1C[C@@H]2C[C@H]1CN2c1ccc2ncnc(Nc3ccc(OCC45COC(C4)C5)c(Cl)c3F)c2n1. The molecule has 12 heteroatoms. The Kier molecular flexibility index (Phi) is 6.17. The first-order valence-corrected chi connectivity index (χ1v) is 14.3. The fourth-order valence-corrected chi connectivity index (χ4v) is 6.59. The number of carbonyl (C=O) groups excluding carboxylic acids is 1. The molecule has 0 unspecified atom stereocenters. The van der Waals surface area contributed by atoms with E-state index >= 15 is 4.39 Å². The number of halogens is 2. The Morgan fingerprint density at radius 3 is 2.73 bits per heavy atom. The zero-order valence-corrected chi connectivity index (χ0v) is 23.9. The van der Waals surface area contributed by atoms with Gasteiger partial charge in [-0.2, -0.15) is 0 Å². The van der Waals surface area contributed by atoms with Crippen LogP contribution in [0, 0.1) is 11.2 Å². The molecule has 1 aromatic carbocycles. The van der Waals surface area contributed by atoms with Crippen molar-refractivity contribution in [2.24, 2.45) is 5.41 Å². The average molecular weight is 583 g/mol. The summed E-state index contributed by atoms with van der Waals surface area (Å²) < 4.78 is 32.5. The summed E-state index contributed by atoms with van der Waals surface area (Å²) in [5.74, 6) is 0.792. The molecule has 0 spiro atoms. The predicted octanol–water partition coefficient (Wildman–Crippen LogP) is 5.32. The topological polar surface area (TPSA) is 102 Å². The van der Waals surface area contributed by atoms with Gasteiger partial charge in [-0.05, 0) is 64.3 Å². The molecule has 5 aliphatic rings. The first kappa shape index (κ1) is 26.5. The van der Waals surface area contributed by atoms with Gasteiger partial charge in [-0.25, -0.2) is 24.1 Å². The first-order chi connectivity index (χ1) is 19.6.